The van der Waals surface area contributed by atoms with Crippen molar-refractivity contribution in [1.29, 1.82) is 0 Å². The Kier molecular flexibility index (Phi) is 5.35. The standard InChI is InChI=1S/C10H20O3/c1-9(5-4-7-11)13-10-6-2-3-8-12-10/h9-11H,2-8H2,1H3/t9-,10?/m1/s1. The molecule has 1 rings (SSSR count). The Morgan fingerprint density at radius 3 is 3.00 bits per heavy atom. The minimum absolute atomic E-state index is 0.00226. The van der Waals surface area contributed by atoms with Crippen molar-refractivity contribution < 1.29 is 14.6 Å². The number of hydrogen-bond donors (Lipinski definition) is 1. The van der Waals surface area contributed by atoms with E-state index in [0.717, 1.165) is 32.3 Å². The highest BCUT2D eigenvalue weighted by Gasteiger charge is 2.16. The molecule has 0 saturated carbocycles. The predicted octanol–water partition coefficient (Wildman–Crippen LogP) is 1.69. The first kappa shape index (κ1) is 11.0. The summed E-state index contributed by atoms with van der Waals surface area (Å²) in [5, 5.41) is 8.63. The van der Waals surface area contributed by atoms with Crippen LogP contribution in [-0.4, -0.2) is 30.7 Å². The molecule has 0 radical (unpaired) electrons. The molecule has 13 heavy (non-hydrogen) atoms. The maximum absolute atomic E-state index is 8.63. The Morgan fingerprint density at radius 1 is 1.54 bits per heavy atom. The zero-order chi connectivity index (χ0) is 9.52. The SMILES string of the molecule is C[C@H](CCCO)OC1CCCCO1. The van der Waals surface area contributed by atoms with Crippen LogP contribution >= 0.6 is 0 Å². The van der Waals surface area contributed by atoms with E-state index in [0.29, 0.717) is 0 Å². The molecule has 3 heteroatoms. The summed E-state index contributed by atoms with van der Waals surface area (Å²) in [4.78, 5) is 0. The van der Waals surface area contributed by atoms with E-state index in [4.69, 9.17) is 14.6 Å². The van der Waals surface area contributed by atoms with Crippen LogP contribution in [0.15, 0.2) is 0 Å². The smallest absolute Gasteiger partial charge is 0.157 e. The van der Waals surface area contributed by atoms with E-state index in [1.807, 2.05) is 6.92 Å². The van der Waals surface area contributed by atoms with Gasteiger partial charge in [0.2, 0.25) is 0 Å². The molecule has 1 unspecified atom stereocenters. The van der Waals surface area contributed by atoms with E-state index in [1.54, 1.807) is 0 Å². The summed E-state index contributed by atoms with van der Waals surface area (Å²) >= 11 is 0. The van der Waals surface area contributed by atoms with E-state index in [1.165, 1.54) is 6.42 Å². The van der Waals surface area contributed by atoms with Gasteiger partial charge < -0.3 is 14.6 Å². The van der Waals surface area contributed by atoms with Crippen LogP contribution in [0.4, 0.5) is 0 Å². The van der Waals surface area contributed by atoms with Crippen LogP contribution in [0.5, 0.6) is 0 Å². The molecule has 0 aromatic rings. The lowest BCUT2D eigenvalue weighted by Gasteiger charge is -2.25. The van der Waals surface area contributed by atoms with Gasteiger partial charge in [0, 0.05) is 13.2 Å². The van der Waals surface area contributed by atoms with Gasteiger partial charge in [-0.15, -0.1) is 0 Å². The summed E-state index contributed by atoms with van der Waals surface area (Å²) in [6.45, 7) is 3.12. The lowest BCUT2D eigenvalue weighted by Crippen LogP contribution is -2.26. The Hall–Kier alpha value is -0.120. The number of aliphatic hydroxyl groups is 1. The van der Waals surface area contributed by atoms with Crippen LogP contribution in [0.3, 0.4) is 0 Å². The molecule has 0 spiro atoms. The Labute approximate surface area is 80.0 Å². The molecular formula is C10H20O3. The number of aliphatic hydroxyl groups excluding tert-OH is 1. The average Bonchev–Trinajstić information content (AvgIpc) is 2.16. The predicted molar refractivity (Wildman–Crippen MR) is 50.5 cm³/mol. The third kappa shape index (κ3) is 4.60. The zero-order valence-corrected chi connectivity index (χ0v) is 8.37. The number of hydrogen-bond acceptors (Lipinski definition) is 3. The van der Waals surface area contributed by atoms with Gasteiger partial charge in [0.25, 0.3) is 0 Å². The molecule has 0 aromatic heterocycles. The summed E-state index contributed by atoms with van der Waals surface area (Å²) in [5.74, 6) is 0. The van der Waals surface area contributed by atoms with Crippen molar-refractivity contribution in [3.05, 3.63) is 0 Å². The van der Waals surface area contributed by atoms with Crippen LogP contribution in [0, 0.1) is 0 Å². The van der Waals surface area contributed by atoms with Gasteiger partial charge in [-0.3, -0.25) is 0 Å². The van der Waals surface area contributed by atoms with Crippen LogP contribution in [-0.2, 0) is 9.47 Å². The van der Waals surface area contributed by atoms with E-state index < -0.39 is 0 Å². The molecular weight excluding hydrogens is 168 g/mol. The fourth-order valence-electron chi connectivity index (χ4n) is 1.52. The minimum atomic E-state index is 0.00226. The molecule has 1 fully saturated rings. The van der Waals surface area contributed by atoms with Gasteiger partial charge in [0.1, 0.15) is 0 Å². The summed E-state index contributed by atoms with van der Waals surface area (Å²) in [6, 6.07) is 0. The van der Waals surface area contributed by atoms with Gasteiger partial charge in [0.15, 0.2) is 6.29 Å². The van der Waals surface area contributed by atoms with Crippen molar-refractivity contribution >= 4 is 0 Å². The summed E-state index contributed by atoms with van der Waals surface area (Å²) < 4.78 is 11.1. The quantitative estimate of drug-likeness (QED) is 0.713. The highest BCUT2D eigenvalue weighted by molar-refractivity contribution is 4.57. The van der Waals surface area contributed by atoms with Crippen molar-refractivity contribution in [3.63, 3.8) is 0 Å². The second kappa shape index (κ2) is 6.35. The number of ether oxygens (including phenoxy) is 2. The van der Waals surface area contributed by atoms with Gasteiger partial charge in [-0.1, -0.05) is 0 Å². The first-order valence-corrected chi connectivity index (χ1v) is 5.21. The molecule has 1 saturated heterocycles. The monoisotopic (exact) mass is 188 g/mol. The molecule has 1 aliphatic rings. The second-order valence-corrected chi connectivity index (χ2v) is 3.61. The van der Waals surface area contributed by atoms with E-state index in [9.17, 15) is 0 Å². The maximum Gasteiger partial charge on any atom is 0.157 e. The van der Waals surface area contributed by atoms with Gasteiger partial charge in [-0.25, -0.2) is 0 Å². The fourth-order valence-corrected chi connectivity index (χ4v) is 1.52. The normalized spacial score (nSPS) is 25.8. The lowest BCUT2D eigenvalue weighted by molar-refractivity contribution is -0.185. The number of rotatable bonds is 5. The van der Waals surface area contributed by atoms with Gasteiger partial charge in [-0.2, -0.15) is 0 Å². The Balaban J connectivity index is 2.07. The zero-order valence-electron chi connectivity index (χ0n) is 8.37. The highest BCUT2D eigenvalue weighted by Crippen LogP contribution is 2.16. The molecule has 1 heterocycles. The van der Waals surface area contributed by atoms with Crippen LogP contribution in [0.1, 0.15) is 39.0 Å². The lowest BCUT2D eigenvalue weighted by atomic mass is 10.2. The topological polar surface area (TPSA) is 38.7 Å². The second-order valence-electron chi connectivity index (χ2n) is 3.61. The largest absolute Gasteiger partial charge is 0.396 e. The molecule has 2 atom stereocenters. The molecule has 0 amide bonds. The van der Waals surface area contributed by atoms with Crippen molar-refractivity contribution in [2.24, 2.45) is 0 Å². The first-order chi connectivity index (χ1) is 6.33. The molecule has 3 nitrogen and oxygen atoms in total. The van der Waals surface area contributed by atoms with Crippen LogP contribution in [0.2, 0.25) is 0 Å². The van der Waals surface area contributed by atoms with E-state index in [2.05, 4.69) is 0 Å². The average molecular weight is 188 g/mol. The molecule has 1 aliphatic heterocycles. The summed E-state index contributed by atoms with van der Waals surface area (Å²) in [6.07, 6.45) is 5.31. The minimum Gasteiger partial charge on any atom is -0.396 e. The third-order valence-corrected chi connectivity index (χ3v) is 2.29. The molecule has 0 aromatic carbocycles. The van der Waals surface area contributed by atoms with E-state index in [-0.39, 0.29) is 19.0 Å². The molecule has 0 bridgehead atoms. The van der Waals surface area contributed by atoms with Crippen molar-refractivity contribution in [3.8, 4) is 0 Å². The Morgan fingerprint density at radius 2 is 2.38 bits per heavy atom. The highest BCUT2D eigenvalue weighted by atomic mass is 16.7. The Bertz CT molecular complexity index is 121. The van der Waals surface area contributed by atoms with Crippen molar-refractivity contribution in [2.75, 3.05) is 13.2 Å². The fraction of sp³-hybridized carbons (Fsp3) is 1.00. The van der Waals surface area contributed by atoms with Gasteiger partial charge >= 0.3 is 0 Å². The van der Waals surface area contributed by atoms with Gasteiger partial charge in [0.05, 0.1) is 6.10 Å². The van der Waals surface area contributed by atoms with Crippen molar-refractivity contribution in [1.82, 2.24) is 0 Å². The third-order valence-electron chi connectivity index (χ3n) is 2.29. The molecule has 78 valence electrons. The van der Waals surface area contributed by atoms with Crippen molar-refractivity contribution in [2.45, 2.75) is 51.4 Å². The van der Waals surface area contributed by atoms with E-state index >= 15 is 0 Å². The maximum atomic E-state index is 8.63. The van der Waals surface area contributed by atoms with Crippen LogP contribution in [0.25, 0.3) is 0 Å². The molecule has 1 N–H and O–H groups in total. The first-order valence-electron chi connectivity index (χ1n) is 5.21. The molecule has 0 aliphatic carbocycles. The van der Waals surface area contributed by atoms with Crippen LogP contribution < -0.4 is 0 Å². The summed E-state index contributed by atoms with van der Waals surface area (Å²) in [7, 11) is 0. The van der Waals surface area contributed by atoms with Gasteiger partial charge in [-0.05, 0) is 39.0 Å². The summed E-state index contributed by atoms with van der Waals surface area (Å²) in [5.41, 5.74) is 0.